The number of hydrogen-bond donors (Lipinski definition) is 3. The molecule has 21 heavy (non-hydrogen) atoms. The molecule has 0 unspecified atom stereocenters. The van der Waals surface area contributed by atoms with Gasteiger partial charge in [0.25, 0.3) is 0 Å². The maximum atomic E-state index is 11.7. The van der Waals surface area contributed by atoms with E-state index in [1.165, 1.54) is 0 Å². The van der Waals surface area contributed by atoms with Crippen molar-refractivity contribution in [3.63, 3.8) is 0 Å². The van der Waals surface area contributed by atoms with Gasteiger partial charge >= 0.3 is 5.97 Å². The lowest BCUT2D eigenvalue weighted by Gasteiger charge is -2.01. The minimum Gasteiger partial charge on any atom is -0.462 e. The molecule has 0 aliphatic carbocycles. The number of hydrogen-bond acceptors (Lipinski definition) is 5. The van der Waals surface area contributed by atoms with Crippen molar-refractivity contribution in [2.24, 2.45) is 0 Å². The number of aromatic amines is 1. The molecular weight excluding hydrogens is 272 g/mol. The number of imidazole rings is 1. The summed E-state index contributed by atoms with van der Waals surface area (Å²) in [6.45, 7) is 3.42. The summed E-state index contributed by atoms with van der Waals surface area (Å²) in [6.07, 6.45) is 1.47. The zero-order valence-electron chi connectivity index (χ0n) is 11.8. The molecule has 0 saturated heterocycles. The molecule has 1 aromatic heterocycles. The summed E-state index contributed by atoms with van der Waals surface area (Å²) >= 11 is 0. The second-order valence-corrected chi connectivity index (χ2v) is 4.39. The second kappa shape index (κ2) is 7.28. The molecule has 1 amide bonds. The number of H-pyrrole nitrogens is 1. The van der Waals surface area contributed by atoms with Crippen molar-refractivity contribution in [1.29, 1.82) is 0 Å². The quantitative estimate of drug-likeness (QED) is 0.387. The Morgan fingerprint density at radius 2 is 2.29 bits per heavy atom. The fraction of sp³-hybridized carbons (Fsp3) is 0.357. The summed E-state index contributed by atoms with van der Waals surface area (Å²) in [5, 5.41) is 5.72. The molecule has 1 aromatic carbocycles. The third-order valence-corrected chi connectivity index (χ3v) is 2.87. The zero-order chi connectivity index (χ0) is 15.1. The van der Waals surface area contributed by atoms with Crippen LogP contribution in [0.15, 0.2) is 18.2 Å². The van der Waals surface area contributed by atoms with E-state index in [9.17, 15) is 9.59 Å². The molecule has 112 valence electrons. The van der Waals surface area contributed by atoms with Crippen LogP contribution in [0.2, 0.25) is 0 Å². The third kappa shape index (κ3) is 3.95. The van der Waals surface area contributed by atoms with Crippen LogP contribution in [0.4, 0.5) is 5.95 Å². The van der Waals surface area contributed by atoms with Crippen molar-refractivity contribution in [3.05, 3.63) is 23.8 Å². The minimum absolute atomic E-state index is 0.344. The predicted molar refractivity (Wildman–Crippen MR) is 79.2 cm³/mol. The lowest BCUT2D eigenvalue weighted by Crippen LogP contribution is -2.16. The van der Waals surface area contributed by atoms with Crippen LogP contribution in [-0.4, -0.2) is 42.0 Å². The minimum atomic E-state index is -0.344. The van der Waals surface area contributed by atoms with Crippen LogP contribution in [0.5, 0.6) is 0 Å². The molecule has 1 heterocycles. The van der Waals surface area contributed by atoms with Crippen molar-refractivity contribution in [2.45, 2.75) is 13.3 Å². The van der Waals surface area contributed by atoms with Crippen LogP contribution in [-0.2, 0) is 9.53 Å². The van der Waals surface area contributed by atoms with Gasteiger partial charge in [-0.05, 0) is 31.5 Å². The number of benzene rings is 1. The molecule has 0 saturated carbocycles. The summed E-state index contributed by atoms with van der Waals surface area (Å²) < 4.78 is 4.96. The van der Waals surface area contributed by atoms with Crippen LogP contribution in [0, 0.1) is 0 Å². The number of fused-ring (bicyclic) bond motifs is 1. The normalized spacial score (nSPS) is 10.3. The highest BCUT2D eigenvalue weighted by atomic mass is 16.5. The predicted octanol–water partition coefficient (Wildman–Crippen LogP) is 1.29. The number of carbonyl (C=O) groups is 2. The molecule has 0 bridgehead atoms. The number of esters is 1. The first-order chi connectivity index (χ1) is 10.2. The molecular formula is C14H18N4O3. The number of amides is 1. The van der Waals surface area contributed by atoms with Gasteiger partial charge in [0.2, 0.25) is 12.4 Å². The van der Waals surface area contributed by atoms with Crippen LogP contribution in [0.25, 0.3) is 11.0 Å². The van der Waals surface area contributed by atoms with Gasteiger partial charge in [0, 0.05) is 13.1 Å². The molecule has 2 rings (SSSR count). The van der Waals surface area contributed by atoms with Gasteiger partial charge in [0.1, 0.15) is 0 Å². The number of carbonyl (C=O) groups excluding carboxylic acids is 2. The molecule has 3 N–H and O–H groups in total. The van der Waals surface area contributed by atoms with E-state index in [2.05, 4.69) is 20.6 Å². The van der Waals surface area contributed by atoms with Gasteiger partial charge in [-0.1, -0.05) is 0 Å². The fourth-order valence-corrected chi connectivity index (χ4v) is 1.89. The fourth-order valence-electron chi connectivity index (χ4n) is 1.89. The Morgan fingerprint density at radius 3 is 3.05 bits per heavy atom. The van der Waals surface area contributed by atoms with Crippen molar-refractivity contribution < 1.29 is 14.3 Å². The van der Waals surface area contributed by atoms with Crippen molar-refractivity contribution >= 4 is 29.4 Å². The van der Waals surface area contributed by atoms with Gasteiger partial charge < -0.3 is 20.4 Å². The highest BCUT2D eigenvalue weighted by Crippen LogP contribution is 2.16. The Labute approximate surface area is 122 Å². The van der Waals surface area contributed by atoms with Crippen molar-refractivity contribution in [1.82, 2.24) is 15.3 Å². The van der Waals surface area contributed by atoms with Crippen LogP contribution in [0.3, 0.4) is 0 Å². The Balaban J connectivity index is 2.00. The Morgan fingerprint density at radius 1 is 1.43 bits per heavy atom. The second-order valence-electron chi connectivity index (χ2n) is 4.39. The summed E-state index contributed by atoms with van der Waals surface area (Å²) in [5.41, 5.74) is 2.04. The number of nitrogens with zero attached hydrogens (tertiary/aromatic N) is 1. The van der Waals surface area contributed by atoms with E-state index >= 15 is 0 Å². The number of ether oxygens (including phenoxy) is 1. The highest BCUT2D eigenvalue weighted by Gasteiger charge is 2.09. The molecule has 0 aliphatic heterocycles. The SMILES string of the molecule is CCOC(=O)c1ccc2nc(NCCCNC=O)[nH]c2c1. The van der Waals surface area contributed by atoms with Gasteiger partial charge in [-0.2, -0.15) is 0 Å². The lowest BCUT2D eigenvalue weighted by atomic mass is 10.2. The largest absolute Gasteiger partial charge is 0.462 e. The molecule has 0 spiro atoms. The summed E-state index contributed by atoms with van der Waals surface area (Å²) in [5.74, 6) is 0.292. The molecule has 0 atom stereocenters. The molecule has 7 heteroatoms. The highest BCUT2D eigenvalue weighted by molar-refractivity contribution is 5.94. The first-order valence-electron chi connectivity index (χ1n) is 6.82. The topological polar surface area (TPSA) is 96.1 Å². The van der Waals surface area contributed by atoms with E-state index in [-0.39, 0.29) is 5.97 Å². The van der Waals surface area contributed by atoms with Crippen molar-refractivity contribution in [3.8, 4) is 0 Å². The Hall–Kier alpha value is -2.57. The van der Waals surface area contributed by atoms with E-state index in [4.69, 9.17) is 4.74 Å². The summed E-state index contributed by atoms with van der Waals surface area (Å²) in [6, 6.07) is 5.19. The maximum Gasteiger partial charge on any atom is 0.338 e. The van der Waals surface area contributed by atoms with Gasteiger partial charge in [-0.25, -0.2) is 9.78 Å². The molecule has 0 radical (unpaired) electrons. The molecule has 0 fully saturated rings. The van der Waals surface area contributed by atoms with E-state index in [1.54, 1.807) is 25.1 Å². The van der Waals surface area contributed by atoms with E-state index in [0.717, 1.165) is 17.5 Å². The van der Waals surface area contributed by atoms with E-state index in [0.29, 0.717) is 37.6 Å². The average molecular weight is 290 g/mol. The first-order valence-corrected chi connectivity index (χ1v) is 6.82. The maximum absolute atomic E-state index is 11.7. The van der Waals surface area contributed by atoms with Gasteiger partial charge in [0.05, 0.1) is 23.2 Å². The number of rotatable bonds is 8. The first kappa shape index (κ1) is 14.8. The monoisotopic (exact) mass is 290 g/mol. The zero-order valence-corrected chi connectivity index (χ0v) is 11.8. The lowest BCUT2D eigenvalue weighted by molar-refractivity contribution is -0.109. The van der Waals surface area contributed by atoms with Crippen LogP contribution >= 0.6 is 0 Å². The average Bonchev–Trinajstić information content (AvgIpc) is 2.89. The van der Waals surface area contributed by atoms with Crippen LogP contribution < -0.4 is 10.6 Å². The third-order valence-electron chi connectivity index (χ3n) is 2.87. The van der Waals surface area contributed by atoms with E-state index < -0.39 is 0 Å². The molecule has 7 nitrogen and oxygen atoms in total. The van der Waals surface area contributed by atoms with Crippen LogP contribution in [0.1, 0.15) is 23.7 Å². The summed E-state index contributed by atoms with van der Waals surface area (Å²) in [4.78, 5) is 29.2. The smallest absolute Gasteiger partial charge is 0.338 e. The van der Waals surface area contributed by atoms with Gasteiger partial charge in [0.15, 0.2) is 0 Å². The van der Waals surface area contributed by atoms with E-state index in [1.807, 2.05) is 0 Å². The molecule has 0 aliphatic rings. The standard InChI is InChI=1S/C14H18N4O3/c1-2-21-13(20)10-4-5-11-12(8-10)18-14(17-11)16-7-3-6-15-9-19/h4-5,8-9H,2-3,6-7H2,1H3,(H,15,19)(H2,16,17,18). The Bertz CT molecular complexity index is 624. The van der Waals surface area contributed by atoms with Crippen molar-refractivity contribution in [2.75, 3.05) is 25.0 Å². The number of nitrogens with one attached hydrogen (secondary N) is 3. The molecule has 2 aromatic rings. The number of anilines is 1. The summed E-state index contributed by atoms with van der Waals surface area (Å²) in [7, 11) is 0. The van der Waals surface area contributed by atoms with Gasteiger partial charge in [-0.3, -0.25) is 4.79 Å². The number of aromatic nitrogens is 2. The van der Waals surface area contributed by atoms with Gasteiger partial charge in [-0.15, -0.1) is 0 Å². The Kier molecular flexibility index (Phi) is 5.14.